The first-order valence-corrected chi connectivity index (χ1v) is 8.41. The van der Waals surface area contributed by atoms with E-state index in [1.165, 1.54) is 0 Å². The Bertz CT molecular complexity index is 407. The summed E-state index contributed by atoms with van der Waals surface area (Å²) in [4.78, 5) is 15.7. The molecule has 0 unspecified atom stereocenters. The van der Waals surface area contributed by atoms with E-state index in [2.05, 4.69) is 24.1 Å². The Morgan fingerprint density at radius 3 is 3.00 bits per heavy atom. The smallest absolute Gasteiger partial charge is 0.306 e. The maximum Gasteiger partial charge on any atom is 0.306 e. The van der Waals surface area contributed by atoms with E-state index >= 15 is 0 Å². The van der Waals surface area contributed by atoms with Crippen LogP contribution in [0.3, 0.4) is 0 Å². The molecule has 0 spiro atoms. The summed E-state index contributed by atoms with van der Waals surface area (Å²) < 4.78 is 10.4. The van der Waals surface area contributed by atoms with Crippen LogP contribution in [-0.2, 0) is 20.7 Å². The van der Waals surface area contributed by atoms with Crippen LogP contribution in [0.25, 0.3) is 0 Å². The fraction of sp³-hybridized carbons (Fsp3) is 0.733. The van der Waals surface area contributed by atoms with Gasteiger partial charge in [-0.3, -0.25) is 4.79 Å². The third kappa shape index (κ3) is 8.67. The standard InChI is InChI=1S/C15H26N2O3S/c1-4-20-14(18)7-6-13-11-21-15(17-13)16-8-5-9-19-10-12(2)3/h11-12H,4-10H2,1-3H3,(H,16,17). The highest BCUT2D eigenvalue weighted by molar-refractivity contribution is 7.13. The first kappa shape index (κ1) is 17.9. The molecule has 0 aliphatic rings. The molecule has 0 radical (unpaired) electrons. The topological polar surface area (TPSA) is 60.5 Å². The van der Waals surface area contributed by atoms with E-state index in [0.29, 0.717) is 25.4 Å². The van der Waals surface area contributed by atoms with E-state index in [1.807, 2.05) is 12.3 Å². The van der Waals surface area contributed by atoms with Crippen molar-refractivity contribution in [3.8, 4) is 0 Å². The number of rotatable bonds is 11. The SMILES string of the molecule is CCOC(=O)CCc1csc(NCCCOCC(C)C)n1. The van der Waals surface area contributed by atoms with Gasteiger partial charge in [-0.1, -0.05) is 13.8 Å². The molecule has 0 atom stereocenters. The lowest BCUT2D eigenvalue weighted by Crippen LogP contribution is -2.08. The Morgan fingerprint density at radius 1 is 1.48 bits per heavy atom. The lowest BCUT2D eigenvalue weighted by molar-refractivity contribution is -0.143. The lowest BCUT2D eigenvalue weighted by Gasteiger charge is -2.06. The second kappa shape index (κ2) is 10.6. The highest BCUT2D eigenvalue weighted by Crippen LogP contribution is 2.16. The Morgan fingerprint density at radius 2 is 2.29 bits per heavy atom. The van der Waals surface area contributed by atoms with Crippen molar-refractivity contribution < 1.29 is 14.3 Å². The van der Waals surface area contributed by atoms with Crippen molar-refractivity contribution in [1.82, 2.24) is 4.98 Å². The molecular weight excluding hydrogens is 288 g/mol. The summed E-state index contributed by atoms with van der Waals surface area (Å²) in [7, 11) is 0. The van der Waals surface area contributed by atoms with Gasteiger partial charge in [0, 0.05) is 31.6 Å². The van der Waals surface area contributed by atoms with Gasteiger partial charge >= 0.3 is 5.97 Å². The highest BCUT2D eigenvalue weighted by atomic mass is 32.1. The van der Waals surface area contributed by atoms with Crippen molar-refractivity contribution in [3.63, 3.8) is 0 Å². The highest BCUT2D eigenvalue weighted by Gasteiger charge is 2.06. The van der Waals surface area contributed by atoms with E-state index < -0.39 is 0 Å². The van der Waals surface area contributed by atoms with Crippen LogP contribution in [0.15, 0.2) is 5.38 Å². The Kier molecular flexibility index (Phi) is 9.01. The second-order valence-electron chi connectivity index (χ2n) is 5.20. The normalized spacial score (nSPS) is 10.9. The number of hydrogen-bond acceptors (Lipinski definition) is 6. The van der Waals surface area contributed by atoms with Gasteiger partial charge in [0.15, 0.2) is 5.13 Å². The van der Waals surface area contributed by atoms with Crippen LogP contribution in [-0.4, -0.2) is 37.3 Å². The molecule has 21 heavy (non-hydrogen) atoms. The minimum Gasteiger partial charge on any atom is -0.466 e. The number of carbonyl (C=O) groups excluding carboxylic acids is 1. The quantitative estimate of drug-likeness (QED) is 0.502. The van der Waals surface area contributed by atoms with E-state index in [-0.39, 0.29) is 5.97 Å². The summed E-state index contributed by atoms with van der Waals surface area (Å²) in [5.74, 6) is 0.418. The average Bonchev–Trinajstić information content (AvgIpc) is 2.88. The number of aromatic nitrogens is 1. The zero-order valence-corrected chi connectivity index (χ0v) is 14.0. The number of esters is 1. The Balaban J connectivity index is 2.12. The van der Waals surface area contributed by atoms with Gasteiger partial charge in [-0.15, -0.1) is 11.3 Å². The minimum absolute atomic E-state index is 0.165. The van der Waals surface area contributed by atoms with Crippen molar-refractivity contribution in [2.75, 3.05) is 31.7 Å². The Hall–Kier alpha value is -1.14. The van der Waals surface area contributed by atoms with Gasteiger partial charge < -0.3 is 14.8 Å². The molecule has 0 bridgehead atoms. The van der Waals surface area contributed by atoms with Crippen LogP contribution in [0.5, 0.6) is 0 Å². The number of nitrogens with zero attached hydrogens (tertiary/aromatic N) is 1. The predicted octanol–water partition coefficient (Wildman–Crippen LogP) is 3.11. The largest absolute Gasteiger partial charge is 0.466 e. The molecule has 1 N–H and O–H groups in total. The zero-order valence-electron chi connectivity index (χ0n) is 13.2. The number of hydrogen-bond donors (Lipinski definition) is 1. The first-order valence-electron chi connectivity index (χ1n) is 7.53. The van der Waals surface area contributed by atoms with Gasteiger partial charge in [0.1, 0.15) is 0 Å². The van der Waals surface area contributed by atoms with Crippen molar-refractivity contribution in [1.29, 1.82) is 0 Å². The molecule has 0 aromatic carbocycles. The molecule has 0 saturated carbocycles. The molecule has 0 fully saturated rings. The summed E-state index contributed by atoms with van der Waals surface area (Å²) in [6, 6.07) is 0. The van der Waals surface area contributed by atoms with Crippen LogP contribution in [0, 0.1) is 5.92 Å². The van der Waals surface area contributed by atoms with Gasteiger partial charge in [-0.25, -0.2) is 4.98 Å². The third-order valence-corrected chi connectivity index (χ3v) is 3.48. The van der Waals surface area contributed by atoms with Gasteiger partial charge in [-0.05, 0) is 19.3 Å². The number of anilines is 1. The molecular formula is C15H26N2O3S. The molecule has 1 heterocycles. The molecule has 1 rings (SSSR count). The average molecular weight is 314 g/mol. The molecule has 0 aliphatic heterocycles. The summed E-state index contributed by atoms with van der Waals surface area (Å²) in [5, 5.41) is 6.16. The van der Waals surface area contributed by atoms with Crippen molar-refractivity contribution in [3.05, 3.63) is 11.1 Å². The maximum absolute atomic E-state index is 11.3. The molecule has 1 aromatic rings. The second-order valence-corrected chi connectivity index (χ2v) is 6.06. The lowest BCUT2D eigenvalue weighted by atomic mass is 10.2. The summed E-state index contributed by atoms with van der Waals surface area (Å²) in [5.41, 5.74) is 0.937. The first-order chi connectivity index (χ1) is 10.1. The van der Waals surface area contributed by atoms with E-state index in [0.717, 1.165) is 37.0 Å². The van der Waals surface area contributed by atoms with Gasteiger partial charge in [-0.2, -0.15) is 0 Å². The van der Waals surface area contributed by atoms with Gasteiger partial charge in [0.25, 0.3) is 0 Å². The number of ether oxygens (including phenoxy) is 2. The van der Waals surface area contributed by atoms with Gasteiger partial charge in [0.05, 0.1) is 18.7 Å². The summed E-state index contributed by atoms with van der Waals surface area (Å²) in [6.45, 7) is 8.97. The fourth-order valence-corrected chi connectivity index (χ4v) is 2.43. The maximum atomic E-state index is 11.3. The van der Waals surface area contributed by atoms with Crippen LogP contribution >= 0.6 is 11.3 Å². The third-order valence-electron chi connectivity index (χ3n) is 2.64. The number of thiazole rings is 1. The Labute approximate surface area is 131 Å². The van der Waals surface area contributed by atoms with Crippen molar-refractivity contribution in [2.24, 2.45) is 5.92 Å². The molecule has 6 heteroatoms. The van der Waals surface area contributed by atoms with Gasteiger partial charge in [0.2, 0.25) is 0 Å². The van der Waals surface area contributed by atoms with Crippen LogP contribution < -0.4 is 5.32 Å². The van der Waals surface area contributed by atoms with E-state index in [1.54, 1.807) is 11.3 Å². The van der Waals surface area contributed by atoms with E-state index in [9.17, 15) is 4.79 Å². The number of aryl methyl sites for hydroxylation is 1. The number of nitrogens with one attached hydrogen (secondary N) is 1. The van der Waals surface area contributed by atoms with E-state index in [4.69, 9.17) is 9.47 Å². The molecule has 120 valence electrons. The molecule has 0 amide bonds. The summed E-state index contributed by atoms with van der Waals surface area (Å²) >= 11 is 1.57. The number of carbonyl (C=O) groups is 1. The fourth-order valence-electron chi connectivity index (χ4n) is 1.65. The minimum atomic E-state index is -0.165. The molecule has 1 aromatic heterocycles. The van der Waals surface area contributed by atoms with Crippen LogP contribution in [0.4, 0.5) is 5.13 Å². The van der Waals surface area contributed by atoms with Crippen LogP contribution in [0.1, 0.15) is 39.3 Å². The van der Waals surface area contributed by atoms with Crippen molar-refractivity contribution in [2.45, 2.75) is 40.0 Å². The monoisotopic (exact) mass is 314 g/mol. The molecule has 5 nitrogen and oxygen atoms in total. The predicted molar refractivity (Wildman–Crippen MR) is 85.8 cm³/mol. The van der Waals surface area contributed by atoms with Crippen LogP contribution in [0.2, 0.25) is 0 Å². The zero-order chi connectivity index (χ0) is 15.5. The molecule has 0 saturated heterocycles. The van der Waals surface area contributed by atoms with Crippen molar-refractivity contribution >= 4 is 22.4 Å². The molecule has 0 aliphatic carbocycles. The summed E-state index contributed by atoms with van der Waals surface area (Å²) in [6.07, 6.45) is 1.99.